The number of aromatic nitrogens is 6. The Morgan fingerprint density at radius 1 is 0.978 bits per heavy atom. The highest BCUT2D eigenvalue weighted by atomic mass is 35.5. The lowest BCUT2D eigenvalue weighted by molar-refractivity contribution is -0.0592. The maximum atomic E-state index is 14.3. The first-order chi connectivity index (χ1) is 22.0. The molecule has 232 valence electrons. The molecule has 0 amide bonds. The van der Waals surface area contributed by atoms with Crippen LogP contribution in [0.25, 0.3) is 22.4 Å². The van der Waals surface area contributed by atoms with Gasteiger partial charge >= 0.3 is 0 Å². The third-order valence-corrected chi connectivity index (χ3v) is 8.57. The largest absolute Gasteiger partial charge is 0.480 e. The third kappa shape index (κ3) is 6.75. The van der Waals surface area contributed by atoms with E-state index < -0.39 is 0 Å². The first kappa shape index (κ1) is 29.5. The molecule has 0 radical (unpaired) electrons. The second-order valence-electron chi connectivity index (χ2n) is 11.4. The minimum atomic E-state index is -0.334. The first-order valence-electron chi connectivity index (χ1n) is 15.1. The summed E-state index contributed by atoms with van der Waals surface area (Å²) in [7, 11) is 1.57. The number of benzene rings is 1. The molecule has 7 rings (SSSR count). The minimum Gasteiger partial charge on any atom is -0.480 e. The Hall–Kier alpha value is -4.19. The van der Waals surface area contributed by atoms with Crippen molar-refractivity contribution in [3.05, 3.63) is 89.0 Å². The summed E-state index contributed by atoms with van der Waals surface area (Å²) in [5.74, 6) is 1.65. The van der Waals surface area contributed by atoms with Gasteiger partial charge in [-0.15, -0.1) is 0 Å². The fourth-order valence-corrected chi connectivity index (χ4v) is 5.94. The fraction of sp³-hybridized carbons (Fsp3) is 0.364. The van der Waals surface area contributed by atoms with Crippen LogP contribution in [0.3, 0.4) is 0 Å². The topological polar surface area (TPSA) is 100 Å². The van der Waals surface area contributed by atoms with Crippen LogP contribution in [0.5, 0.6) is 11.8 Å². The van der Waals surface area contributed by atoms with Gasteiger partial charge in [-0.25, -0.2) is 19.3 Å². The van der Waals surface area contributed by atoms with Crippen LogP contribution >= 0.6 is 11.6 Å². The van der Waals surface area contributed by atoms with E-state index in [0.29, 0.717) is 46.7 Å². The maximum Gasteiger partial charge on any atom is 0.232 e. The van der Waals surface area contributed by atoms with Gasteiger partial charge in [0.05, 0.1) is 61.6 Å². The standard InChI is InChI=1S/C33H33ClFN7O3/c1-43-33-18-36-16-29(40-33)27-15-28-30(17-37-27)42(19-25-9-12-44-25)31(39-28)20-41-10-7-24(8-11-41)45-32-4-2-3-23(38-32)13-21-5-6-22(34)14-26(21)35/h2-6,14-18,24-25H,7-13,19-20H2,1H3. The van der Waals surface area contributed by atoms with Gasteiger partial charge in [-0.1, -0.05) is 23.7 Å². The molecule has 2 aliphatic rings. The summed E-state index contributed by atoms with van der Waals surface area (Å²) in [5.41, 5.74) is 4.46. The number of likely N-dealkylation sites (tertiary alicyclic amines) is 1. The van der Waals surface area contributed by atoms with Crippen molar-refractivity contribution >= 4 is 22.6 Å². The van der Waals surface area contributed by atoms with Gasteiger partial charge < -0.3 is 18.8 Å². The van der Waals surface area contributed by atoms with Crippen molar-refractivity contribution in [2.45, 2.75) is 51.0 Å². The third-order valence-electron chi connectivity index (χ3n) is 8.33. The molecule has 0 bridgehead atoms. The Morgan fingerprint density at radius 3 is 2.62 bits per heavy atom. The zero-order valence-electron chi connectivity index (χ0n) is 24.9. The Balaban J connectivity index is 1.02. The molecule has 2 fully saturated rings. The van der Waals surface area contributed by atoms with Gasteiger partial charge in [0.15, 0.2) is 0 Å². The van der Waals surface area contributed by atoms with Crippen molar-refractivity contribution in [2.24, 2.45) is 0 Å². The normalized spacial score (nSPS) is 17.4. The Morgan fingerprint density at radius 2 is 1.84 bits per heavy atom. The molecule has 0 aliphatic carbocycles. The molecule has 5 aromatic rings. The van der Waals surface area contributed by atoms with E-state index in [0.717, 1.165) is 68.1 Å². The second-order valence-corrected chi connectivity index (χ2v) is 11.8. The minimum absolute atomic E-state index is 0.0502. The van der Waals surface area contributed by atoms with Gasteiger partial charge in [0.2, 0.25) is 11.8 Å². The predicted molar refractivity (Wildman–Crippen MR) is 167 cm³/mol. The molecule has 6 heterocycles. The van der Waals surface area contributed by atoms with Crippen molar-refractivity contribution < 1.29 is 18.6 Å². The van der Waals surface area contributed by atoms with Crippen LogP contribution < -0.4 is 9.47 Å². The maximum absolute atomic E-state index is 14.3. The van der Waals surface area contributed by atoms with E-state index in [1.165, 1.54) is 6.07 Å². The highest BCUT2D eigenvalue weighted by molar-refractivity contribution is 6.30. The van der Waals surface area contributed by atoms with Gasteiger partial charge in [0.25, 0.3) is 0 Å². The van der Waals surface area contributed by atoms with E-state index in [2.05, 4.69) is 24.4 Å². The van der Waals surface area contributed by atoms with Crippen LogP contribution in [0.15, 0.2) is 61.1 Å². The quantitative estimate of drug-likeness (QED) is 0.198. The zero-order valence-corrected chi connectivity index (χ0v) is 25.7. The molecule has 45 heavy (non-hydrogen) atoms. The zero-order chi connectivity index (χ0) is 30.8. The number of ether oxygens (including phenoxy) is 3. The fourth-order valence-electron chi connectivity index (χ4n) is 5.78. The van der Waals surface area contributed by atoms with Crippen LogP contribution in [-0.2, 0) is 24.2 Å². The van der Waals surface area contributed by atoms with Crippen LogP contribution in [0, 0.1) is 5.82 Å². The Labute approximate surface area is 265 Å². The number of imidazole rings is 1. The summed E-state index contributed by atoms with van der Waals surface area (Å²) in [5, 5.41) is 0.378. The van der Waals surface area contributed by atoms with Gasteiger partial charge in [-0.05, 0) is 49.1 Å². The van der Waals surface area contributed by atoms with Crippen LogP contribution in [0.2, 0.25) is 5.02 Å². The van der Waals surface area contributed by atoms with Crippen LogP contribution in [0.1, 0.15) is 36.3 Å². The van der Waals surface area contributed by atoms with E-state index in [9.17, 15) is 4.39 Å². The number of pyridine rings is 2. The van der Waals surface area contributed by atoms with Crippen LogP contribution in [0.4, 0.5) is 4.39 Å². The molecular weight excluding hydrogens is 597 g/mol. The summed E-state index contributed by atoms with van der Waals surface area (Å²) in [6.45, 7) is 3.99. The number of halogens is 2. The average molecular weight is 630 g/mol. The van der Waals surface area contributed by atoms with E-state index >= 15 is 0 Å². The lowest BCUT2D eigenvalue weighted by atomic mass is 10.1. The highest BCUT2D eigenvalue weighted by Crippen LogP contribution is 2.27. The number of fused-ring (bicyclic) bond motifs is 1. The molecule has 1 aromatic carbocycles. The monoisotopic (exact) mass is 629 g/mol. The first-order valence-corrected chi connectivity index (χ1v) is 15.5. The summed E-state index contributed by atoms with van der Waals surface area (Å²) >= 11 is 5.90. The second kappa shape index (κ2) is 13.0. The number of hydrogen-bond acceptors (Lipinski definition) is 9. The van der Waals surface area contributed by atoms with Gasteiger partial charge in [-0.3, -0.25) is 14.9 Å². The molecule has 4 aromatic heterocycles. The molecule has 2 saturated heterocycles. The van der Waals surface area contributed by atoms with Crippen molar-refractivity contribution in [3.63, 3.8) is 0 Å². The molecular formula is C33H33ClFN7O3. The molecule has 2 aliphatic heterocycles. The van der Waals surface area contributed by atoms with Crippen molar-refractivity contribution in [2.75, 3.05) is 26.8 Å². The highest BCUT2D eigenvalue weighted by Gasteiger charge is 2.26. The Kier molecular flexibility index (Phi) is 8.55. The molecule has 0 spiro atoms. The smallest absolute Gasteiger partial charge is 0.232 e. The SMILES string of the molecule is COc1cncc(-c2cc3nc(CN4CCC(Oc5cccc(Cc6ccc(Cl)cc6F)n5)CC4)n(CC4CCO4)c3cn2)n1. The molecule has 1 atom stereocenters. The molecule has 10 nitrogen and oxygen atoms in total. The summed E-state index contributed by atoms with van der Waals surface area (Å²) < 4.78 is 33.9. The Bertz CT molecular complexity index is 1810. The average Bonchev–Trinajstić information content (AvgIpc) is 3.37. The molecule has 1 unspecified atom stereocenters. The van der Waals surface area contributed by atoms with Gasteiger partial charge in [0.1, 0.15) is 23.4 Å². The number of piperidine rings is 1. The number of methoxy groups -OCH3 is 1. The summed E-state index contributed by atoms with van der Waals surface area (Å²) in [6, 6.07) is 12.3. The van der Waals surface area contributed by atoms with Gasteiger partial charge in [0, 0.05) is 42.9 Å². The van der Waals surface area contributed by atoms with Crippen molar-refractivity contribution in [3.8, 4) is 23.1 Å². The predicted octanol–water partition coefficient (Wildman–Crippen LogP) is 5.51. The van der Waals surface area contributed by atoms with Crippen molar-refractivity contribution in [1.82, 2.24) is 34.4 Å². The summed E-state index contributed by atoms with van der Waals surface area (Å²) in [4.78, 5) is 25.5. The van der Waals surface area contributed by atoms with E-state index in [4.69, 9.17) is 35.8 Å². The van der Waals surface area contributed by atoms with E-state index in [-0.39, 0.29) is 18.0 Å². The lowest BCUT2D eigenvalue weighted by Gasteiger charge is -2.32. The van der Waals surface area contributed by atoms with Gasteiger partial charge in [-0.2, -0.15) is 0 Å². The number of rotatable bonds is 10. The number of nitrogens with zero attached hydrogens (tertiary/aromatic N) is 7. The number of hydrogen-bond donors (Lipinski definition) is 0. The van der Waals surface area contributed by atoms with Crippen molar-refractivity contribution in [1.29, 1.82) is 0 Å². The van der Waals surface area contributed by atoms with Crippen LogP contribution in [-0.4, -0.2) is 73.4 Å². The molecule has 12 heteroatoms. The summed E-state index contributed by atoms with van der Waals surface area (Å²) in [6.07, 6.45) is 8.48. The van der Waals surface area contributed by atoms with E-state index in [1.54, 1.807) is 31.6 Å². The molecule has 0 N–H and O–H groups in total. The molecule has 0 saturated carbocycles. The van der Waals surface area contributed by atoms with E-state index in [1.807, 2.05) is 30.5 Å². The lowest BCUT2D eigenvalue weighted by Crippen LogP contribution is -2.39.